The van der Waals surface area contributed by atoms with Crippen LogP contribution in [0.5, 0.6) is 5.75 Å². The molecule has 0 bridgehead atoms. The second-order valence-electron chi connectivity index (χ2n) is 2.44. The Morgan fingerprint density at radius 1 is 1.67 bits per heavy atom. The number of hydrogen-bond donors (Lipinski definition) is 4. The summed E-state index contributed by atoms with van der Waals surface area (Å²) in [7, 11) is 0. The largest absolute Gasteiger partial charge is 0.503 e. The first-order valence-electron chi connectivity index (χ1n) is 3.43. The van der Waals surface area contributed by atoms with Crippen LogP contribution in [-0.2, 0) is 0 Å². The van der Waals surface area contributed by atoms with E-state index in [1.54, 1.807) is 0 Å². The van der Waals surface area contributed by atoms with Gasteiger partial charge in [-0.25, -0.2) is 0 Å². The van der Waals surface area contributed by atoms with Gasteiger partial charge in [0, 0.05) is 6.20 Å². The Hall–Kier alpha value is -1.33. The van der Waals surface area contributed by atoms with Crippen LogP contribution in [0.3, 0.4) is 0 Å². The zero-order valence-electron chi connectivity index (χ0n) is 6.32. The maximum Gasteiger partial charge on any atom is 0.290 e. The van der Waals surface area contributed by atoms with Crippen molar-refractivity contribution < 1.29 is 10.2 Å². The second kappa shape index (κ2) is 3.38. The number of nitrogens with one attached hydrogen (secondary N) is 1. The van der Waals surface area contributed by atoms with Gasteiger partial charge in [0.05, 0.1) is 12.6 Å². The Labute approximate surface area is 68.5 Å². The third kappa shape index (κ3) is 1.63. The number of aliphatic hydroxyl groups excluding tert-OH is 1. The lowest BCUT2D eigenvalue weighted by Gasteiger charge is -2.07. The number of pyridine rings is 1. The van der Waals surface area contributed by atoms with E-state index in [1.165, 1.54) is 12.3 Å². The van der Waals surface area contributed by atoms with Gasteiger partial charge in [-0.3, -0.25) is 4.79 Å². The van der Waals surface area contributed by atoms with Crippen LogP contribution in [0.15, 0.2) is 17.1 Å². The summed E-state index contributed by atoms with van der Waals surface area (Å²) in [5.41, 5.74) is 5.36. The maximum atomic E-state index is 10.7. The molecule has 5 heteroatoms. The molecule has 1 aromatic rings. The molecule has 1 aromatic heterocycles. The SMILES string of the molecule is NC(CO)c1c[nH]c(=O)c(O)c1. The molecule has 5 nitrogen and oxygen atoms in total. The fraction of sp³-hybridized carbons (Fsp3) is 0.286. The highest BCUT2D eigenvalue weighted by Gasteiger charge is 2.06. The summed E-state index contributed by atoms with van der Waals surface area (Å²) in [6.45, 7) is -0.231. The molecule has 0 saturated carbocycles. The minimum atomic E-state index is -0.576. The molecule has 0 radical (unpaired) electrons. The molecule has 0 fully saturated rings. The van der Waals surface area contributed by atoms with Gasteiger partial charge in [0.1, 0.15) is 0 Å². The standard InChI is InChI=1S/C7H10N2O3/c8-5(3-10)4-1-6(11)7(12)9-2-4/h1-2,5,10-11H,3,8H2,(H,9,12). The smallest absolute Gasteiger partial charge is 0.290 e. The molecule has 0 spiro atoms. The first-order valence-corrected chi connectivity index (χ1v) is 3.43. The zero-order chi connectivity index (χ0) is 9.14. The first-order chi connectivity index (χ1) is 5.65. The average Bonchev–Trinajstić information content (AvgIpc) is 2.08. The van der Waals surface area contributed by atoms with E-state index in [4.69, 9.17) is 15.9 Å². The van der Waals surface area contributed by atoms with Gasteiger partial charge >= 0.3 is 0 Å². The molecule has 0 aromatic carbocycles. The predicted octanol–water partition coefficient (Wildman–Crippen LogP) is -0.927. The number of rotatable bonds is 2. The van der Waals surface area contributed by atoms with E-state index in [-0.39, 0.29) is 6.61 Å². The summed E-state index contributed by atoms with van der Waals surface area (Å²) in [4.78, 5) is 13.0. The normalized spacial score (nSPS) is 12.8. The number of hydrogen-bond acceptors (Lipinski definition) is 4. The van der Waals surface area contributed by atoms with E-state index in [0.717, 1.165) is 0 Å². The van der Waals surface area contributed by atoms with E-state index < -0.39 is 17.4 Å². The molecule has 5 N–H and O–H groups in total. The Morgan fingerprint density at radius 3 is 2.83 bits per heavy atom. The van der Waals surface area contributed by atoms with Crippen molar-refractivity contribution in [3.8, 4) is 5.75 Å². The molecule has 1 heterocycles. The first kappa shape index (κ1) is 8.76. The van der Waals surface area contributed by atoms with Crippen molar-refractivity contribution in [2.45, 2.75) is 6.04 Å². The van der Waals surface area contributed by atoms with Crippen LogP contribution in [0, 0.1) is 0 Å². The number of aliphatic hydroxyl groups is 1. The molecular formula is C7H10N2O3. The van der Waals surface area contributed by atoms with Crippen molar-refractivity contribution >= 4 is 0 Å². The molecule has 12 heavy (non-hydrogen) atoms. The van der Waals surface area contributed by atoms with E-state index in [0.29, 0.717) is 5.56 Å². The van der Waals surface area contributed by atoms with Crippen LogP contribution < -0.4 is 11.3 Å². The fourth-order valence-corrected chi connectivity index (χ4v) is 0.807. The Morgan fingerprint density at radius 2 is 2.33 bits per heavy atom. The van der Waals surface area contributed by atoms with Crippen LogP contribution in [0.25, 0.3) is 0 Å². The molecular weight excluding hydrogens is 160 g/mol. The molecule has 0 aliphatic carbocycles. The van der Waals surface area contributed by atoms with Gasteiger partial charge in [0.25, 0.3) is 5.56 Å². The van der Waals surface area contributed by atoms with Crippen LogP contribution in [-0.4, -0.2) is 21.8 Å². The average molecular weight is 170 g/mol. The topological polar surface area (TPSA) is 99.3 Å². The highest BCUT2D eigenvalue weighted by Crippen LogP contribution is 2.10. The molecule has 66 valence electrons. The summed E-state index contributed by atoms with van der Waals surface area (Å²) in [5, 5.41) is 17.6. The molecule has 0 saturated heterocycles. The van der Waals surface area contributed by atoms with Crippen molar-refractivity contribution in [2.75, 3.05) is 6.61 Å². The zero-order valence-corrected chi connectivity index (χ0v) is 6.32. The van der Waals surface area contributed by atoms with Crippen molar-refractivity contribution in [1.82, 2.24) is 4.98 Å². The van der Waals surface area contributed by atoms with Crippen molar-refractivity contribution in [2.24, 2.45) is 5.73 Å². The van der Waals surface area contributed by atoms with Gasteiger partial charge in [-0.2, -0.15) is 0 Å². The van der Waals surface area contributed by atoms with Gasteiger partial charge in [-0.05, 0) is 11.6 Å². The molecule has 1 atom stereocenters. The van der Waals surface area contributed by atoms with Gasteiger partial charge < -0.3 is 20.9 Å². The predicted molar refractivity (Wildman–Crippen MR) is 42.7 cm³/mol. The number of aromatic nitrogens is 1. The highest BCUT2D eigenvalue weighted by molar-refractivity contribution is 5.24. The van der Waals surface area contributed by atoms with E-state index in [2.05, 4.69) is 4.98 Å². The third-order valence-corrected chi connectivity index (χ3v) is 1.53. The molecule has 1 rings (SSSR count). The Bertz CT molecular complexity index is 321. The summed E-state index contributed by atoms with van der Waals surface area (Å²) < 4.78 is 0. The lowest BCUT2D eigenvalue weighted by Crippen LogP contribution is -2.16. The second-order valence-corrected chi connectivity index (χ2v) is 2.44. The van der Waals surface area contributed by atoms with Gasteiger partial charge in [-0.1, -0.05) is 0 Å². The van der Waals surface area contributed by atoms with E-state index in [1.807, 2.05) is 0 Å². The molecule has 0 amide bonds. The van der Waals surface area contributed by atoms with E-state index >= 15 is 0 Å². The van der Waals surface area contributed by atoms with Gasteiger partial charge in [-0.15, -0.1) is 0 Å². The minimum absolute atomic E-state index is 0.231. The Kier molecular flexibility index (Phi) is 2.47. The van der Waals surface area contributed by atoms with E-state index in [9.17, 15) is 4.79 Å². The van der Waals surface area contributed by atoms with Crippen LogP contribution >= 0.6 is 0 Å². The summed E-state index contributed by atoms with van der Waals surface area (Å²) in [6.07, 6.45) is 1.36. The van der Waals surface area contributed by atoms with Crippen molar-refractivity contribution in [1.29, 1.82) is 0 Å². The number of aromatic amines is 1. The van der Waals surface area contributed by atoms with Crippen molar-refractivity contribution in [3.63, 3.8) is 0 Å². The fourth-order valence-electron chi connectivity index (χ4n) is 0.807. The summed E-state index contributed by atoms with van der Waals surface area (Å²) in [5.74, 6) is -0.392. The minimum Gasteiger partial charge on any atom is -0.503 e. The number of nitrogens with two attached hydrogens (primary N) is 1. The Balaban J connectivity index is 3.04. The lowest BCUT2D eigenvalue weighted by atomic mass is 10.1. The monoisotopic (exact) mass is 170 g/mol. The van der Waals surface area contributed by atoms with Crippen LogP contribution in [0.2, 0.25) is 0 Å². The van der Waals surface area contributed by atoms with Gasteiger partial charge in [0.2, 0.25) is 0 Å². The number of aromatic hydroxyl groups is 1. The molecule has 0 aliphatic rings. The van der Waals surface area contributed by atoms with Crippen LogP contribution in [0.4, 0.5) is 0 Å². The van der Waals surface area contributed by atoms with Gasteiger partial charge in [0.15, 0.2) is 5.75 Å². The summed E-state index contributed by atoms with van der Waals surface area (Å²) in [6, 6.07) is 0.660. The summed E-state index contributed by atoms with van der Waals surface area (Å²) >= 11 is 0. The third-order valence-electron chi connectivity index (χ3n) is 1.53. The number of H-pyrrole nitrogens is 1. The lowest BCUT2D eigenvalue weighted by molar-refractivity contribution is 0.267. The maximum absolute atomic E-state index is 10.7. The van der Waals surface area contributed by atoms with Crippen molar-refractivity contribution in [3.05, 3.63) is 28.2 Å². The highest BCUT2D eigenvalue weighted by atomic mass is 16.3. The molecule has 1 unspecified atom stereocenters. The quantitative estimate of drug-likeness (QED) is 0.461. The van der Waals surface area contributed by atoms with Crippen LogP contribution in [0.1, 0.15) is 11.6 Å². The molecule has 0 aliphatic heterocycles.